The van der Waals surface area contributed by atoms with Gasteiger partial charge in [-0.15, -0.1) is 0 Å². The Bertz CT molecular complexity index is 1320. The maximum atomic E-state index is 13.5. The lowest BCUT2D eigenvalue weighted by Gasteiger charge is -2.20. The van der Waals surface area contributed by atoms with Crippen LogP contribution in [0, 0.1) is 11.7 Å². The highest BCUT2D eigenvalue weighted by atomic mass is 35.5. The number of carbonyl (C=O) groups excluding carboxylic acids is 3. The van der Waals surface area contributed by atoms with Crippen LogP contribution in [0.3, 0.4) is 0 Å². The van der Waals surface area contributed by atoms with Gasteiger partial charge in [0.1, 0.15) is 23.6 Å². The Morgan fingerprint density at radius 1 is 1.21 bits per heavy atom. The first kappa shape index (κ1) is 22.7. The van der Waals surface area contributed by atoms with Crippen LogP contribution in [0.1, 0.15) is 17.9 Å². The number of nitrogens with zero attached hydrogens (tertiary/aromatic N) is 1. The van der Waals surface area contributed by atoms with Gasteiger partial charge in [0.15, 0.2) is 0 Å². The standard InChI is InChI=1S/C24H19ClFNO6/c1-32-24(31)14-6-7-27(11-14)23(30)19(12-28)13-2-4-17-18(10-22(29)33-21(17)8-13)16-5-3-15(26)9-20(16)25/h2-5,8-10,12,14,19H,6-7,11H2,1H3/t14-,19-/m0/s1. The SMILES string of the molecule is COC(=O)[C@H]1CCN(C(=O)[C@@H](C=O)c2ccc3c(-c4ccc(F)cc4Cl)cc(=O)oc3c2)C1. The van der Waals surface area contributed by atoms with Gasteiger partial charge in [-0.1, -0.05) is 23.7 Å². The molecule has 0 radical (unpaired) electrons. The number of aldehydes is 1. The molecule has 2 heterocycles. The van der Waals surface area contributed by atoms with E-state index >= 15 is 0 Å². The molecule has 0 spiro atoms. The van der Waals surface area contributed by atoms with Gasteiger partial charge in [-0.3, -0.25) is 9.59 Å². The Balaban J connectivity index is 1.70. The van der Waals surface area contributed by atoms with Crippen molar-refractivity contribution in [1.82, 2.24) is 4.90 Å². The minimum absolute atomic E-state index is 0.126. The topological polar surface area (TPSA) is 93.9 Å². The zero-order chi connectivity index (χ0) is 23.7. The number of carbonyl (C=O) groups is 3. The Labute approximate surface area is 192 Å². The molecule has 3 aromatic rings. The Hall–Kier alpha value is -3.52. The summed E-state index contributed by atoms with van der Waals surface area (Å²) in [4.78, 5) is 50.3. The number of fused-ring (bicyclic) bond motifs is 1. The van der Waals surface area contributed by atoms with E-state index in [1.165, 1.54) is 36.3 Å². The third-order valence-electron chi connectivity index (χ3n) is 5.79. The number of halogens is 2. The molecule has 7 nitrogen and oxygen atoms in total. The highest BCUT2D eigenvalue weighted by molar-refractivity contribution is 6.33. The second-order valence-corrected chi connectivity index (χ2v) is 8.17. The lowest BCUT2D eigenvalue weighted by Crippen LogP contribution is -2.35. The van der Waals surface area contributed by atoms with Crippen molar-refractivity contribution in [1.29, 1.82) is 0 Å². The first-order chi connectivity index (χ1) is 15.8. The van der Waals surface area contributed by atoms with Crippen LogP contribution >= 0.6 is 11.6 Å². The second-order valence-electron chi connectivity index (χ2n) is 7.77. The molecule has 0 unspecified atom stereocenters. The van der Waals surface area contributed by atoms with Gasteiger partial charge in [0.2, 0.25) is 5.91 Å². The van der Waals surface area contributed by atoms with Gasteiger partial charge in [-0.2, -0.15) is 0 Å². The van der Waals surface area contributed by atoms with Gasteiger partial charge in [0, 0.05) is 35.7 Å². The van der Waals surface area contributed by atoms with Gasteiger partial charge in [0.05, 0.1) is 18.1 Å². The van der Waals surface area contributed by atoms with Crippen molar-refractivity contribution >= 4 is 40.7 Å². The number of esters is 1. The minimum atomic E-state index is -1.13. The van der Waals surface area contributed by atoms with E-state index in [4.69, 9.17) is 20.8 Å². The normalized spacial score (nSPS) is 16.6. The van der Waals surface area contributed by atoms with Gasteiger partial charge >= 0.3 is 11.6 Å². The fourth-order valence-corrected chi connectivity index (χ4v) is 4.37. The largest absolute Gasteiger partial charge is 0.469 e. The van der Waals surface area contributed by atoms with Crippen LogP contribution in [0.5, 0.6) is 0 Å². The van der Waals surface area contributed by atoms with Crippen LogP contribution in [0.4, 0.5) is 4.39 Å². The molecule has 1 aliphatic rings. The first-order valence-electron chi connectivity index (χ1n) is 10.2. The summed E-state index contributed by atoms with van der Waals surface area (Å²) in [5.74, 6) is -2.91. The van der Waals surface area contributed by atoms with Crippen molar-refractivity contribution in [3.8, 4) is 11.1 Å². The molecule has 9 heteroatoms. The van der Waals surface area contributed by atoms with Crippen LogP contribution < -0.4 is 5.63 Å². The van der Waals surface area contributed by atoms with E-state index in [2.05, 4.69) is 0 Å². The molecule has 4 rings (SSSR count). The van der Waals surface area contributed by atoms with E-state index < -0.39 is 35.2 Å². The van der Waals surface area contributed by atoms with Crippen molar-refractivity contribution in [2.45, 2.75) is 12.3 Å². The molecule has 1 saturated heterocycles. The highest BCUT2D eigenvalue weighted by Gasteiger charge is 2.35. The maximum Gasteiger partial charge on any atom is 0.336 e. The van der Waals surface area contributed by atoms with Crippen molar-refractivity contribution in [2.24, 2.45) is 5.92 Å². The fraction of sp³-hybridized carbons (Fsp3) is 0.250. The van der Waals surface area contributed by atoms with Crippen molar-refractivity contribution in [3.63, 3.8) is 0 Å². The molecule has 0 N–H and O–H groups in total. The number of likely N-dealkylation sites (tertiary alicyclic amines) is 1. The summed E-state index contributed by atoms with van der Waals surface area (Å²) in [6.45, 7) is 0.505. The molecule has 33 heavy (non-hydrogen) atoms. The van der Waals surface area contributed by atoms with Gasteiger partial charge < -0.3 is 18.8 Å². The summed E-state index contributed by atoms with van der Waals surface area (Å²) in [5, 5.41) is 0.636. The fourth-order valence-electron chi connectivity index (χ4n) is 4.10. The number of methoxy groups -OCH3 is 1. The van der Waals surface area contributed by atoms with E-state index in [9.17, 15) is 23.6 Å². The lowest BCUT2D eigenvalue weighted by atomic mass is 9.95. The van der Waals surface area contributed by atoms with Crippen LogP contribution in [0.2, 0.25) is 5.02 Å². The predicted molar refractivity (Wildman–Crippen MR) is 118 cm³/mol. The molecule has 170 valence electrons. The lowest BCUT2D eigenvalue weighted by molar-refractivity contribution is -0.145. The van der Waals surface area contributed by atoms with Crippen LogP contribution in [0.25, 0.3) is 22.1 Å². The number of hydrogen-bond donors (Lipinski definition) is 0. The molecule has 1 aliphatic heterocycles. The molecular formula is C24H19ClFNO6. The van der Waals surface area contributed by atoms with Crippen molar-refractivity contribution in [2.75, 3.05) is 20.2 Å². The van der Waals surface area contributed by atoms with Crippen LogP contribution in [0.15, 0.2) is 51.7 Å². The average Bonchev–Trinajstić information content (AvgIpc) is 3.29. The van der Waals surface area contributed by atoms with E-state index in [1.54, 1.807) is 12.1 Å². The van der Waals surface area contributed by atoms with Gasteiger partial charge in [-0.25, -0.2) is 9.18 Å². The number of hydrogen-bond acceptors (Lipinski definition) is 6. The minimum Gasteiger partial charge on any atom is -0.469 e. The highest BCUT2D eigenvalue weighted by Crippen LogP contribution is 2.34. The van der Waals surface area contributed by atoms with E-state index in [0.717, 1.165) is 6.07 Å². The molecule has 0 saturated carbocycles. The van der Waals surface area contributed by atoms with Crippen LogP contribution in [-0.4, -0.2) is 43.3 Å². The Morgan fingerprint density at radius 3 is 2.70 bits per heavy atom. The number of benzene rings is 2. The molecular weight excluding hydrogens is 453 g/mol. The third-order valence-corrected chi connectivity index (χ3v) is 6.10. The monoisotopic (exact) mass is 471 g/mol. The summed E-state index contributed by atoms with van der Waals surface area (Å²) in [6, 6.07) is 9.76. The summed E-state index contributed by atoms with van der Waals surface area (Å²) in [6.07, 6.45) is 0.978. The third kappa shape index (κ3) is 4.39. The van der Waals surface area contributed by atoms with E-state index in [-0.39, 0.29) is 17.2 Å². The van der Waals surface area contributed by atoms with Gasteiger partial charge in [-0.05, 0) is 36.2 Å². The summed E-state index contributed by atoms with van der Waals surface area (Å²) < 4.78 is 23.5. The zero-order valence-electron chi connectivity index (χ0n) is 17.5. The van der Waals surface area contributed by atoms with E-state index in [0.29, 0.717) is 41.3 Å². The van der Waals surface area contributed by atoms with E-state index in [1.807, 2.05) is 0 Å². The quantitative estimate of drug-likeness (QED) is 0.244. The van der Waals surface area contributed by atoms with Crippen molar-refractivity contribution < 1.29 is 27.9 Å². The molecule has 0 aliphatic carbocycles. The molecule has 0 bridgehead atoms. The Morgan fingerprint density at radius 2 is 2.00 bits per heavy atom. The van der Waals surface area contributed by atoms with Crippen LogP contribution in [-0.2, 0) is 19.1 Å². The average molecular weight is 472 g/mol. The smallest absolute Gasteiger partial charge is 0.336 e. The number of amides is 1. The number of rotatable bonds is 5. The van der Waals surface area contributed by atoms with Crippen molar-refractivity contribution in [3.05, 3.63) is 69.3 Å². The summed E-state index contributed by atoms with van der Waals surface area (Å²) >= 11 is 6.18. The maximum absolute atomic E-state index is 13.5. The number of ether oxygens (including phenoxy) is 1. The first-order valence-corrected chi connectivity index (χ1v) is 10.5. The second kappa shape index (κ2) is 9.15. The molecule has 2 aromatic carbocycles. The molecule has 1 aromatic heterocycles. The summed E-state index contributed by atoms with van der Waals surface area (Å²) in [7, 11) is 1.29. The van der Waals surface area contributed by atoms with Gasteiger partial charge in [0.25, 0.3) is 0 Å². The Kier molecular flexibility index (Phi) is 6.29. The molecule has 1 fully saturated rings. The molecule has 2 atom stereocenters. The zero-order valence-corrected chi connectivity index (χ0v) is 18.3. The predicted octanol–water partition coefficient (Wildman–Crippen LogP) is 3.56. The summed E-state index contributed by atoms with van der Waals surface area (Å²) in [5.41, 5.74) is 0.716. The molecule has 1 amide bonds.